The van der Waals surface area contributed by atoms with Gasteiger partial charge in [-0.05, 0) is 34.1 Å². The number of aromatic nitrogens is 2. The Labute approximate surface area is 119 Å². The summed E-state index contributed by atoms with van der Waals surface area (Å²) in [5, 5.41) is 7.43. The highest BCUT2D eigenvalue weighted by molar-refractivity contribution is 9.10. The van der Waals surface area contributed by atoms with Crippen molar-refractivity contribution in [3.8, 4) is 0 Å². The maximum Gasteiger partial charge on any atom is 0.105 e. The van der Waals surface area contributed by atoms with Crippen LogP contribution >= 0.6 is 28.1 Å². The number of aryl methyl sites for hydroxylation is 1. The average molecular weight is 325 g/mol. The van der Waals surface area contributed by atoms with Crippen LogP contribution in [0.3, 0.4) is 0 Å². The summed E-state index contributed by atoms with van der Waals surface area (Å²) in [6.07, 6.45) is 3.82. The molecule has 1 heterocycles. The number of nitrogens with two attached hydrogens (primary N) is 1. The van der Waals surface area contributed by atoms with Crippen molar-refractivity contribution in [2.24, 2.45) is 12.8 Å². The van der Waals surface area contributed by atoms with Gasteiger partial charge in [-0.3, -0.25) is 4.68 Å². The fraction of sp³-hybridized carbons (Fsp3) is 0.167. The molecule has 0 aliphatic rings. The average Bonchev–Trinajstić information content (AvgIpc) is 2.72. The van der Waals surface area contributed by atoms with Gasteiger partial charge >= 0.3 is 0 Å². The summed E-state index contributed by atoms with van der Waals surface area (Å²) in [5.74, 6) is 0. The first-order valence-electron chi connectivity index (χ1n) is 5.37. The number of rotatable bonds is 4. The van der Waals surface area contributed by atoms with Crippen molar-refractivity contribution in [1.82, 2.24) is 9.78 Å². The highest BCUT2D eigenvalue weighted by atomic mass is 79.9. The van der Waals surface area contributed by atoms with Gasteiger partial charge in [0.15, 0.2) is 0 Å². The number of thiocarbonyl (C=S) groups is 1. The molecule has 94 valence electrons. The molecule has 0 amide bonds. The van der Waals surface area contributed by atoms with Gasteiger partial charge in [-0.25, -0.2) is 0 Å². The molecule has 1 aromatic carbocycles. The predicted octanol–water partition coefficient (Wildman–Crippen LogP) is 2.43. The van der Waals surface area contributed by atoms with Crippen LogP contribution in [0.4, 0.5) is 5.69 Å². The Bertz CT molecular complexity index is 579. The van der Waals surface area contributed by atoms with E-state index in [0.29, 0.717) is 4.99 Å². The van der Waals surface area contributed by atoms with Crippen LogP contribution in [0.1, 0.15) is 11.1 Å². The molecular formula is C12H13BrN4S. The van der Waals surface area contributed by atoms with Crippen molar-refractivity contribution in [2.45, 2.75) is 6.54 Å². The van der Waals surface area contributed by atoms with Crippen LogP contribution in [0, 0.1) is 0 Å². The van der Waals surface area contributed by atoms with Gasteiger partial charge in [-0.2, -0.15) is 5.10 Å². The van der Waals surface area contributed by atoms with Crippen molar-refractivity contribution >= 4 is 38.8 Å². The van der Waals surface area contributed by atoms with Crippen LogP contribution in [0.25, 0.3) is 0 Å². The fourth-order valence-corrected chi connectivity index (χ4v) is 2.49. The Morgan fingerprint density at radius 1 is 1.56 bits per heavy atom. The van der Waals surface area contributed by atoms with E-state index in [-0.39, 0.29) is 0 Å². The Kier molecular flexibility index (Phi) is 3.98. The van der Waals surface area contributed by atoms with Crippen LogP contribution in [-0.4, -0.2) is 14.8 Å². The van der Waals surface area contributed by atoms with E-state index < -0.39 is 0 Å². The summed E-state index contributed by atoms with van der Waals surface area (Å²) in [4.78, 5) is 0.390. The third-order valence-electron chi connectivity index (χ3n) is 2.49. The van der Waals surface area contributed by atoms with Gasteiger partial charge < -0.3 is 11.1 Å². The monoisotopic (exact) mass is 324 g/mol. The first-order chi connectivity index (χ1) is 8.56. The van der Waals surface area contributed by atoms with Crippen LogP contribution in [0.2, 0.25) is 0 Å². The molecule has 2 rings (SSSR count). The van der Waals surface area contributed by atoms with E-state index in [0.717, 1.165) is 27.8 Å². The summed E-state index contributed by atoms with van der Waals surface area (Å²) in [6, 6.07) is 5.82. The predicted molar refractivity (Wildman–Crippen MR) is 80.6 cm³/mol. The summed E-state index contributed by atoms with van der Waals surface area (Å²) < 4.78 is 2.68. The largest absolute Gasteiger partial charge is 0.389 e. The zero-order chi connectivity index (χ0) is 13.1. The molecule has 2 aromatic rings. The lowest BCUT2D eigenvalue weighted by molar-refractivity contribution is 0.767. The molecule has 0 saturated heterocycles. The standard InChI is InChI=1S/C12H13BrN4S/c1-17-7-8(6-16-17)5-15-9-2-3-10(12(14)18)11(13)4-9/h2-4,6-7,15H,5H2,1H3,(H2,14,18). The maximum absolute atomic E-state index is 5.60. The number of hydrogen-bond acceptors (Lipinski definition) is 3. The van der Waals surface area contributed by atoms with Gasteiger partial charge in [-0.15, -0.1) is 0 Å². The highest BCUT2D eigenvalue weighted by Crippen LogP contribution is 2.21. The van der Waals surface area contributed by atoms with E-state index in [1.165, 1.54) is 0 Å². The van der Waals surface area contributed by atoms with Crippen molar-refractivity contribution in [3.63, 3.8) is 0 Å². The van der Waals surface area contributed by atoms with Gasteiger partial charge in [0.25, 0.3) is 0 Å². The van der Waals surface area contributed by atoms with Crippen LogP contribution in [-0.2, 0) is 13.6 Å². The van der Waals surface area contributed by atoms with Gasteiger partial charge in [0, 0.05) is 41.1 Å². The number of benzene rings is 1. The number of halogens is 1. The second kappa shape index (κ2) is 5.49. The minimum Gasteiger partial charge on any atom is -0.389 e. The van der Waals surface area contributed by atoms with Crippen LogP contribution in [0.15, 0.2) is 35.1 Å². The van der Waals surface area contributed by atoms with Gasteiger partial charge in [0.1, 0.15) is 4.99 Å². The van der Waals surface area contributed by atoms with E-state index >= 15 is 0 Å². The molecule has 0 atom stereocenters. The van der Waals surface area contributed by atoms with Crippen molar-refractivity contribution in [3.05, 3.63) is 46.2 Å². The molecule has 0 saturated carbocycles. The smallest absolute Gasteiger partial charge is 0.105 e. The molecule has 0 unspecified atom stereocenters. The summed E-state index contributed by atoms with van der Waals surface area (Å²) in [6.45, 7) is 0.729. The molecule has 1 aromatic heterocycles. The quantitative estimate of drug-likeness (QED) is 0.848. The van der Waals surface area contributed by atoms with Crippen molar-refractivity contribution in [2.75, 3.05) is 5.32 Å². The molecule has 3 N–H and O–H groups in total. The third kappa shape index (κ3) is 3.08. The molecule has 0 bridgehead atoms. The molecule has 0 aliphatic carbocycles. The molecule has 4 nitrogen and oxygen atoms in total. The fourth-order valence-electron chi connectivity index (χ4n) is 1.59. The topological polar surface area (TPSA) is 55.9 Å². The minimum absolute atomic E-state index is 0.390. The molecular weight excluding hydrogens is 312 g/mol. The lowest BCUT2D eigenvalue weighted by Gasteiger charge is -2.08. The second-order valence-corrected chi connectivity index (χ2v) is 5.23. The molecule has 6 heteroatoms. The Morgan fingerprint density at radius 2 is 2.33 bits per heavy atom. The zero-order valence-electron chi connectivity index (χ0n) is 9.85. The van der Waals surface area contributed by atoms with E-state index in [1.807, 2.05) is 37.6 Å². The van der Waals surface area contributed by atoms with Gasteiger partial charge in [0.2, 0.25) is 0 Å². The number of anilines is 1. The molecule has 0 radical (unpaired) electrons. The summed E-state index contributed by atoms with van der Waals surface area (Å²) in [5.41, 5.74) is 8.58. The first kappa shape index (κ1) is 13.0. The maximum atomic E-state index is 5.60. The molecule has 0 fully saturated rings. The van der Waals surface area contributed by atoms with Gasteiger partial charge in [0.05, 0.1) is 6.20 Å². The van der Waals surface area contributed by atoms with Gasteiger partial charge in [-0.1, -0.05) is 12.2 Å². The number of hydrogen-bond donors (Lipinski definition) is 2. The van der Waals surface area contributed by atoms with E-state index in [1.54, 1.807) is 4.68 Å². The van der Waals surface area contributed by atoms with E-state index in [9.17, 15) is 0 Å². The highest BCUT2D eigenvalue weighted by Gasteiger charge is 2.04. The van der Waals surface area contributed by atoms with Crippen LogP contribution < -0.4 is 11.1 Å². The summed E-state index contributed by atoms with van der Waals surface area (Å²) in [7, 11) is 1.90. The lowest BCUT2D eigenvalue weighted by Crippen LogP contribution is -2.10. The molecule has 0 spiro atoms. The van der Waals surface area contributed by atoms with Crippen molar-refractivity contribution in [1.29, 1.82) is 0 Å². The van der Waals surface area contributed by atoms with Crippen LogP contribution in [0.5, 0.6) is 0 Å². The first-order valence-corrected chi connectivity index (χ1v) is 6.57. The van der Waals surface area contributed by atoms with E-state index in [2.05, 4.69) is 26.3 Å². The Morgan fingerprint density at radius 3 is 2.89 bits per heavy atom. The SMILES string of the molecule is Cn1cc(CNc2ccc(C(N)=S)c(Br)c2)cn1. The Balaban J connectivity index is 2.06. The third-order valence-corrected chi connectivity index (χ3v) is 3.37. The Hall–Kier alpha value is -1.40. The minimum atomic E-state index is 0.390. The number of nitrogens with zero attached hydrogens (tertiary/aromatic N) is 2. The lowest BCUT2D eigenvalue weighted by atomic mass is 10.2. The second-order valence-electron chi connectivity index (χ2n) is 3.93. The van der Waals surface area contributed by atoms with E-state index in [4.69, 9.17) is 18.0 Å². The molecule has 0 aliphatic heterocycles. The normalized spacial score (nSPS) is 10.3. The summed E-state index contributed by atoms with van der Waals surface area (Å²) >= 11 is 8.41. The molecule has 18 heavy (non-hydrogen) atoms. The zero-order valence-corrected chi connectivity index (χ0v) is 12.3. The number of nitrogens with one attached hydrogen (secondary N) is 1. The van der Waals surface area contributed by atoms with Crippen molar-refractivity contribution < 1.29 is 0 Å².